The second-order valence-electron chi connectivity index (χ2n) is 5.76. The van der Waals surface area contributed by atoms with Crippen molar-refractivity contribution in [2.45, 2.75) is 38.4 Å². The van der Waals surface area contributed by atoms with Gasteiger partial charge in [-0.1, -0.05) is 48.5 Å². The molecule has 0 fully saturated rings. The average Bonchev–Trinajstić information content (AvgIpc) is 2.56. The molecule has 110 valence electrons. The summed E-state index contributed by atoms with van der Waals surface area (Å²) in [6.45, 7) is 1.14. The van der Waals surface area contributed by atoms with Gasteiger partial charge >= 0.3 is 0 Å². The number of nitrogens with two attached hydrogens (primary N) is 1. The second kappa shape index (κ2) is 6.88. The van der Waals surface area contributed by atoms with Crippen molar-refractivity contribution in [3.63, 3.8) is 0 Å². The fraction of sp³-hybridized carbons (Fsp3) is 0.368. The summed E-state index contributed by atoms with van der Waals surface area (Å²) in [5, 5.41) is 0. The third-order valence-electron chi connectivity index (χ3n) is 4.25. The van der Waals surface area contributed by atoms with Gasteiger partial charge in [-0.2, -0.15) is 0 Å². The monoisotopic (exact) mass is 281 g/mol. The first kappa shape index (κ1) is 14.3. The van der Waals surface area contributed by atoms with E-state index in [0.717, 1.165) is 5.56 Å². The van der Waals surface area contributed by atoms with E-state index < -0.39 is 0 Å². The molecule has 2 N–H and O–H groups in total. The third kappa shape index (κ3) is 3.52. The lowest BCUT2D eigenvalue weighted by atomic mass is 9.90. The molecule has 0 aliphatic heterocycles. The Morgan fingerprint density at radius 3 is 2.48 bits per heavy atom. The maximum Gasteiger partial charge on any atom is 0.0951 e. The van der Waals surface area contributed by atoms with Crippen LogP contribution in [0.25, 0.3) is 0 Å². The van der Waals surface area contributed by atoms with Gasteiger partial charge in [0.05, 0.1) is 12.7 Å². The molecule has 3 rings (SSSR count). The zero-order valence-corrected chi connectivity index (χ0v) is 12.4. The van der Waals surface area contributed by atoms with Crippen molar-refractivity contribution in [2.75, 3.05) is 6.54 Å². The Morgan fingerprint density at radius 1 is 0.952 bits per heavy atom. The highest BCUT2D eigenvalue weighted by atomic mass is 16.5. The van der Waals surface area contributed by atoms with Crippen molar-refractivity contribution in [1.82, 2.24) is 0 Å². The topological polar surface area (TPSA) is 35.2 Å². The van der Waals surface area contributed by atoms with E-state index in [0.29, 0.717) is 13.2 Å². The molecule has 0 spiro atoms. The van der Waals surface area contributed by atoms with Gasteiger partial charge in [-0.25, -0.2) is 0 Å². The fourth-order valence-corrected chi connectivity index (χ4v) is 3.04. The standard InChI is InChI=1S/C19H23NO/c20-13-19(17-7-2-1-3-8-17)21-14-15-10-11-16-6-4-5-9-18(16)12-15/h1-3,7-8,10-12,19H,4-6,9,13-14,20H2. The number of rotatable bonds is 5. The molecule has 21 heavy (non-hydrogen) atoms. The molecule has 1 aliphatic rings. The summed E-state index contributed by atoms with van der Waals surface area (Å²) in [7, 11) is 0. The maximum absolute atomic E-state index is 6.03. The maximum atomic E-state index is 6.03. The first-order valence-electron chi connectivity index (χ1n) is 7.84. The van der Waals surface area contributed by atoms with Gasteiger partial charge in [0.25, 0.3) is 0 Å². The molecule has 0 saturated carbocycles. The molecule has 0 radical (unpaired) electrons. The van der Waals surface area contributed by atoms with E-state index in [2.05, 4.69) is 30.3 Å². The number of aryl methyl sites for hydroxylation is 2. The van der Waals surface area contributed by atoms with E-state index in [1.54, 1.807) is 0 Å². The molecule has 0 saturated heterocycles. The van der Waals surface area contributed by atoms with Crippen molar-refractivity contribution in [3.8, 4) is 0 Å². The van der Waals surface area contributed by atoms with Gasteiger partial charge in [-0.15, -0.1) is 0 Å². The second-order valence-corrected chi connectivity index (χ2v) is 5.76. The van der Waals surface area contributed by atoms with Gasteiger partial charge in [-0.05, 0) is 47.9 Å². The Hall–Kier alpha value is -1.64. The molecule has 1 atom stereocenters. The lowest BCUT2D eigenvalue weighted by Gasteiger charge is -2.19. The summed E-state index contributed by atoms with van der Waals surface area (Å²) >= 11 is 0. The highest BCUT2D eigenvalue weighted by Gasteiger charge is 2.12. The van der Waals surface area contributed by atoms with Gasteiger partial charge in [0.15, 0.2) is 0 Å². The first-order valence-corrected chi connectivity index (χ1v) is 7.84. The van der Waals surface area contributed by atoms with Gasteiger partial charge < -0.3 is 10.5 Å². The molecule has 0 bridgehead atoms. The highest BCUT2D eigenvalue weighted by Crippen LogP contribution is 2.24. The molecule has 2 nitrogen and oxygen atoms in total. The summed E-state index contributed by atoms with van der Waals surface area (Å²) < 4.78 is 6.03. The van der Waals surface area contributed by atoms with Crippen LogP contribution in [0.2, 0.25) is 0 Å². The zero-order valence-electron chi connectivity index (χ0n) is 12.4. The molecular formula is C19H23NO. The smallest absolute Gasteiger partial charge is 0.0951 e. The van der Waals surface area contributed by atoms with Crippen molar-refractivity contribution in [3.05, 3.63) is 70.8 Å². The Bertz CT molecular complexity index is 579. The van der Waals surface area contributed by atoms with E-state index in [4.69, 9.17) is 10.5 Å². The normalized spacial score (nSPS) is 15.5. The molecule has 1 aliphatic carbocycles. The SMILES string of the molecule is NCC(OCc1ccc2c(c1)CCCC2)c1ccccc1. The zero-order chi connectivity index (χ0) is 14.5. The lowest BCUT2D eigenvalue weighted by molar-refractivity contribution is 0.0456. The molecule has 2 heteroatoms. The van der Waals surface area contributed by atoms with Crippen LogP contribution in [0.5, 0.6) is 0 Å². The minimum Gasteiger partial charge on any atom is -0.368 e. The number of benzene rings is 2. The van der Waals surface area contributed by atoms with E-state index in [1.165, 1.54) is 42.4 Å². The number of ether oxygens (including phenoxy) is 1. The minimum absolute atomic E-state index is 0.0257. The molecule has 2 aromatic carbocycles. The van der Waals surface area contributed by atoms with Crippen molar-refractivity contribution < 1.29 is 4.74 Å². The number of hydrogen-bond acceptors (Lipinski definition) is 2. The molecule has 0 aromatic heterocycles. The largest absolute Gasteiger partial charge is 0.368 e. The van der Waals surface area contributed by atoms with Crippen LogP contribution < -0.4 is 5.73 Å². The van der Waals surface area contributed by atoms with Crippen LogP contribution in [0.15, 0.2) is 48.5 Å². The molecule has 0 amide bonds. The molecular weight excluding hydrogens is 258 g/mol. The Balaban J connectivity index is 1.66. The van der Waals surface area contributed by atoms with E-state index in [1.807, 2.05) is 18.2 Å². The molecule has 1 unspecified atom stereocenters. The van der Waals surface area contributed by atoms with Crippen LogP contribution in [-0.4, -0.2) is 6.54 Å². The fourth-order valence-electron chi connectivity index (χ4n) is 3.04. The van der Waals surface area contributed by atoms with Crippen molar-refractivity contribution in [2.24, 2.45) is 5.73 Å². The van der Waals surface area contributed by atoms with Crippen LogP contribution in [-0.2, 0) is 24.2 Å². The summed E-state index contributed by atoms with van der Waals surface area (Å²) in [6, 6.07) is 17.0. The summed E-state index contributed by atoms with van der Waals surface area (Å²) in [4.78, 5) is 0. The minimum atomic E-state index is -0.0257. The van der Waals surface area contributed by atoms with Gasteiger partial charge in [0, 0.05) is 6.54 Å². The van der Waals surface area contributed by atoms with E-state index in [-0.39, 0.29) is 6.10 Å². The summed E-state index contributed by atoms with van der Waals surface area (Å²) in [5.41, 5.74) is 11.3. The van der Waals surface area contributed by atoms with Crippen LogP contribution in [0, 0.1) is 0 Å². The number of fused-ring (bicyclic) bond motifs is 1. The Labute approximate surface area is 126 Å². The highest BCUT2D eigenvalue weighted by molar-refractivity contribution is 5.33. The van der Waals surface area contributed by atoms with Gasteiger partial charge in [0.1, 0.15) is 0 Å². The predicted octanol–water partition coefficient (Wildman–Crippen LogP) is 3.78. The van der Waals surface area contributed by atoms with Crippen LogP contribution in [0.3, 0.4) is 0 Å². The van der Waals surface area contributed by atoms with Crippen LogP contribution in [0.4, 0.5) is 0 Å². The Morgan fingerprint density at radius 2 is 1.71 bits per heavy atom. The molecule has 2 aromatic rings. The van der Waals surface area contributed by atoms with Crippen molar-refractivity contribution in [1.29, 1.82) is 0 Å². The van der Waals surface area contributed by atoms with Gasteiger partial charge in [0.2, 0.25) is 0 Å². The lowest BCUT2D eigenvalue weighted by Crippen LogP contribution is -2.16. The number of hydrogen-bond donors (Lipinski definition) is 1. The van der Waals surface area contributed by atoms with Crippen LogP contribution >= 0.6 is 0 Å². The van der Waals surface area contributed by atoms with E-state index >= 15 is 0 Å². The van der Waals surface area contributed by atoms with Crippen molar-refractivity contribution >= 4 is 0 Å². The van der Waals surface area contributed by atoms with E-state index in [9.17, 15) is 0 Å². The molecule has 0 heterocycles. The average molecular weight is 281 g/mol. The summed E-state index contributed by atoms with van der Waals surface area (Å²) in [6.07, 6.45) is 5.05. The predicted molar refractivity (Wildman–Crippen MR) is 86.1 cm³/mol. The summed E-state index contributed by atoms with van der Waals surface area (Å²) in [5.74, 6) is 0. The van der Waals surface area contributed by atoms with Gasteiger partial charge in [-0.3, -0.25) is 0 Å². The quantitative estimate of drug-likeness (QED) is 0.905. The Kier molecular flexibility index (Phi) is 4.69. The third-order valence-corrected chi connectivity index (χ3v) is 4.25. The van der Waals surface area contributed by atoms with Crippen LogP contribution in [0.1, 0.15) is 41.2 Å². The first-order chi connectivity index (χ1) is 10.4.